The Labute approximate surface area is 162 Å². The van der Waals surface area contributed by atoms with Crippen LogP contribution in [0.4, 0.5) is 4.79 Å². The van der Waals surface area contributed by atoms with Crippen molar-refractivity contribution in [1.29, 1.82) is 0 Å². The highest BCUT2D eigenvalue weighted by Gasteiger charge is 2.29. The summed E-state index contributed by atoms with van der Waals surface area (Å²) in [5.74, 6) is -2.17. The van der Waals surface area contributed by atoms with Crippen molar-refractivity contribution in [3.63, 3.8) is 0 Å². The number of nitrogens with one attached hydrogen (secondary N) is 1. The second kappa shape index (κ2) is 8.56. The highest BCUT2D eigenvalue weighted by Crippen LogP contribution is 2.44. The summed E-state index contributed by atoms with van der Waals surface area (Å²) in [7, 11) is 1.16. The number of aliphatic carboxylic acids is 1. The number of carbonyl (C=O) groups is 3. The van der Waals surface area contributed by atoms with Gasteiger partial charge < -0.3 is 24.7 Å². The van der Waals surface area contributed by atoms with Gasteiger partial charge in [-0.2, -0.15) is 0 Å². The molecule has 0 saturated heterocycles. The van der Waals surface area contributed by atoms with Gasteiger partial charge in [-0.25, -0.2) is 9.59 Å². The minimum atomic E-state index is -1.32. The number of hydrogen-bond acceptors (Lipinski definition) is 6. The summed E-state index contributed by atoms with van der Waals surface area (Å²) in [6.45, 7) is 0.0915. The average molecular weight is 382 g/mol. The van der Waals surface area contributed by atoms with Crippen LogP contribution in [0.15, 0.2) is 48.5 Å². The number of carbonyl (C=O) groups excluding carboxylic acids is 3. The summed E-state index contributed by atoms with van der Waals surface area (Å²) in [5, 5.41) is 13.0. The summed E-state index contributed by atoms with van der Waals surface area (Å²) >= 11 is 0. The molecule has 1 N–H and O–H groups in total. The molecule has 0 heterocycles. The van der Waals surface area contributed by atoms with Crippen LogP contribution in [0, 0.1) is 0 Å². The predicted molar refractivity (Wildman–Crippen MR) is 98.2 cm³/mol. The van der Waals surface area contributed by atoms with Gasteiger partial charge in [-0.3, -0.25) is 0 Å². The van der Waals surface area contributed by atoms with Gasteiger partial charge in [-0.1, -0.05) is 48.5 Å². The Morgan fingerprint density at radius 2 is 1.61 bits per heavy atom. The van der Waals surface area contributed by atoms with Gasteiger partial charge in [0.1, 0.15) is 12.6 Å². The van der Waals surface area contributed by atoms with Crippen molar-refractivity contribution in [2.24, 2.45) is 0 Å². The van der Waals surface area contributed by atoms with E-state index in [9.17, 15) is 19.5 Å². The van der Waals surface area contributed by atoms with Crippen molar-refractivity contribution in [3.8, 4) is 11.1 Å². The van der Waals surface area contributed by atoms with Crippen molar-refractivity contribution in [2.45, 2.75) is 24.8 Å². The van der Waals surface area contributed by atoms with E-state index in [4.69, 9.17) is 4.74 Å². The number of fused-ring (bicyclic) bond motifs is 3. The van der Waals surface area contributed by atoms with Crippen LogP contribution in [0.2, 0.25) is 0 Å². The summed E-state index contributed by atoms with van der Waals surface area (Å²) in [5.41, 5.74) is 4.35. The molecule has 2 aromatic carbocycles. The minimum Gasteiger partial charge on any atom is -0.550 e. The quantitative estimate of drug-likeness (QED) is 0.730. The Hall–Kier alpha value is -3.35. The van der Waals surface area contributed by atoms with Crippen LogP contribution >= 0.6 is 0 Å². The predicted octanol–water partition coefficient (Wildman–Crippen LogP) is 1.60. The van der Waals surface area contributed by atoms with E-state index >= 15 is 0 Å². The lowest BCUT2D eigenvalue weighted by Crippen LogP contribution is -2.43. The molecule has 0 aromatic heterocycles. The first-order chi connectivity index (χ1) is 13.5. The van der Waals surface area contributed by atoms with Crippen molar-refractivity contribution >= 4 is 18.0 Å². The molecule has 2 aromatic rings. The number of benzene rings is 2. The van der Waals surface area contributed by atoms with Crippen molar-refractivity contribution in [1.82, 2.24) is 5.32 Å². The van der Waals surface area contributed by atoms with E-state index in [1.807, 2.05) is 48.5 Å². The lowest BCUT2D eigenvalue weighted by molar-refractivity contribution is -0.305. The number of hydrogen-bond donors (Lipinski definition) is 1. The molecule has 1 aliphatic rings. The summed E-state index contributed by atoms with van der Waals surface area (Å²) in [4.78, 5) is 34.6. The van der Waals surface area contributed by atoms with Gasteiger partial charge in [0.25, 0.3) is 0 Å². The van der Waals surface area contributed by atoms with Gasteiger partial charge in [0.15, 0.2) is 0 Å². The van der Waals surface area contributed by atoms with E-state index < -0.39 is 24.1 Å². The molecule has 0 spiro atoms. The fourth-order valence-corrected chi connectivity index (χ4v) is 3.44. The Morgan fingerprint density at radius 1 is 1.04 bits per heavy atom. The van der Waals surface area contributed by atoms with E-state index in [-0.39, 0.29) is 25.4 Å². The maximum atomic E-state index is 12.2. The zero-order valence-corrected chi connectivity index (χ0v) is 15.3. The number of amides is 1. The number of methoxy groups -OCH3 is 1. The first kappa shape index (κ1) is 19.4. The molecule has 0 radical (unpaired) electrons. The molecule has 28 heavy (non-hydrogen) atoms. The number of ether oxygens (including phenoxy) is 2. The Bertz CT molecular complexity index is 848. The van der Waals surface area contributed by atoms with Crippen LogP contribution in [0.3, 0.4) is 0 Å². The van der Waals surface area contributed by atoms with Crippen LogP contribution in [0.25, 0.3) is 11.1 Å². The van der Waals surface area contributed by atoms with Crippen LogP contribution in [0.5, 0.6) is 0 Å². The normalized spacial score (nSPS) is 13.2. The average Bonchev–Trinajstić information content (AvgIpc) is 3.02. The van der Waals surface area contributed by atoms with Crippen LogP contribution in [-0.4, -0.2) is 37.8 Å². The largest absolute Gasteiger partial charge is 0.550 e. The van der Waals surface area contributed by atoms with Crippen molar-refractivity contribution < 1.29 is 29.0 Å². The van der Waals surface area contributed by atoms with Crippen molar-refractivity contribution in [2.75, 3.05) is 13.7 Å². The van der Waals surface area contributed by atoms with E-state index in [0.29, 0.717) is 0 Å². The smallest absolute Gasteiger partial charge is 0.407 e. The third-order valence-electron chi connectivity index (χ3n) is 4.76. The Morgan fingerprint density at radius 3 is 2.14 bits per heavy atom. The second-order valence-corrected chi connectivity index (χ2v) is 6.46. The molecule has 7 heteroatoms. The molecule has 0 bridgehead atoms. The molecule has 1 amide bonds. The van der Waals surface area contributed by atoms with Crippen LogP contribution < -0.4 is 10.4 Å². The number of alkyl carbamates (subject to hydrolysis) is 1. The number of rotatable bonds is 7. The summed E-state index contributed by atoms with van der Waals surface area (Å²) in [6.07, 6.45) is -1.33. The highest BCUT2D eigenvalue weighted by atomic mass is 16.6. The first-order valence-electron chi connectivity index (χ1n) is 8.90. The van der Waals surface area contributed by atoms with Gasteiger partial charge in [0.2, 0.25) is 0 Å². The molecule has 0 saturated carbocycles. The molecular weight excluding hydrogens is 362 g/mol. The zero-order chi connectivity index (χ0) is 20.1. The third kappa shape index (κ3) is 4.14. The fraction of sp³-hybridized carbons (Fsp3) is 0.286. The zero-order valence-electron chi connectivity index (χ0n) is 15.3. The van der Waals surface area contributed by atoms with E-state index in [1.54, 1.807) is 0 Å². The number of carboxylic acid groups (broad SMARTS) is 1. The second-order valence-electron chi connectivity index (χ2n) is 6.46. The van der Waals surface area contributed by atoms with Gasteiger partial charge in [-0.15, -0.1) is 0 Å². The maximum absolute atomic E-state index is 12.2. The fourth-order valence-electron chi connectivity index (χ4n) is 3.44. The maximum Gasteiger partial charge on any atom is 0.407 e. The molecule has 3 rings (SSSR count). The van der Waals surface area contributed by atoms with Gasteiger partial charge >= 0.3 is 12.1 Å². The molecule has 0 fully saturated rings. The topological polar surface area (TPSA) is 105 Å². The Balaban J connectivity index is 1.67. The molecule has 0 aliphatic heterocycles. The summed E-state index contributed by atoms with van der Waals surface area (Å²) in [6, 6.07) is 14.7. The number of carboxylic acids is 1. The Kier molecular flexibility index (Phi) is 5.93. The number of esters is 1. The van der Waals surface area contributed by atoms with E-state index in [0.717, 1.165) is 29.4 Å². The highest BCUT2D eigenvalue weighted by molar-refractivity contribution is 5.82. The molecule has 1 atom stereocenters. The molecule has 1 aliphatic carbocycles. The van der Waals surface area contributed by atoms with Gasteiger partial charge in [-0.05, 0) is 35.1 Å². The lowest BCUT2D eigenvalue weighted by Gasteiger charge is -2.18. The molecule has 0 unspecified atom stereocenters. The van der Waals surface area contributed by atoms with Crippen molar-refractivity contribution in [3.05, 3.63) is 59.7 Å². The molecule has 7 nitrogen and oxygen atoms in total. The van der Waals surface area contributed by atoms with Crippen LogP contribution in [-0.2, 0) is 19.1 Å². The summed E-state index contributed by atoms with van der Waals surface area (Å²) < 4.78 is 9.94. The lowest BCUT2D eigenvalue weighted by atomic mass is 9.98. The minimum absolute atomic E-state index is 0.0915. The van der Waals surface area contributed by atoms with Crippen LogP contribution in [0.1, 0.15) is 29.9 Å². The monoisotopic (exact) mass is 382 g/mol. The van der Waals surface area contributed by atoms with E-state index in [2.05, 4.69) is 10.1 Å². The van der Waals surface area contributed by atoms with E-state index in [1.165, 1.54) is 0 Å². The van der Waals surface area contributed by atoms with Gasteiger partial charge in [0, 0.05) is 11.9 Å². The molecular formula is C21H20NO6-. The first-order valence-corrected chi connectivity index (χ1v) is 8.90. The molecule has 146 valence electrons. The van der Waals surface area contributed by atoms with Gasteiger partial charge in [0.05, 0.1) is 7.11 Å². The third-order valence-corrected chi connectivity index (χ3v) is 4.76. The standard InChI is InChI=1S/C21H21NO6/c1-27-20(25)18(10-11-19(23)24)22-21(26)28-12-17-15-8-4-2-6-13(15)14-7-3-5-9-16(14)17/h2-9,17-18H,10-12H2,1H3,(H,22,26)(H,23,24)/p-1/t18-/m0/s1. The SMILES string of the molecule is COC(=O)[C@H](CCC(=O)[O-])NC(=O)OCC1c2ccccc2-c2ccccc21.